The van der Waals surface area contributed by atoms with Crippen LogP contribution in [-0.2, 0) is 19.9 Å². The van der Waals surface area contributed by atoms with Gasteiger partial charge in [-0.3, -0.25) is 35.1 Å². The van der Waals surface area contributed by atoms with Crippen molar-refractivity contribution in [3.05, 3.63) is 46.0 Å². The highest BCUT2D eigenvalue weighted by atomic mass is 16.6. The zero-order valence-electron chi connectivity index (χ0n) is 11.8. The number of urea groups is 1. The van der Waals surface area contributed by atoms with Gasteiger partial charge in [-0.2, -0.15) is 0 Å². The summed E-state index contributed by atoms with van der Waals surface area (Å²) in [5.41, 5.74) is -3.23. The van der Waals surface area contributed by atoms with Gasteiger partial charge in [0.15, 0.2) is 0 Å². The topological polar surface area (TPSA) is 186 Å². The normalized spacial score (nSPS) is 17.9. The number of nitro groups is 1. The number of imide groups is 2. The molecule has 24 heavy (non-hydrogen) atoms. The Balaban J connectivity index is 2.77. The minimum Gasteiger partial charge on any atom is -0.304 e. The second-order valence-electron chi connectivity index (χ2n) is 4.65. The molecule has 0 aromatic heterocycles. The third-order valence-corrected chi connectivity index (χ3v) is 3.39. The molecule has 1 fully saturated rings. The highest BCUT2D eigenvalue weighted by molar-refractivity contribution is 6.19. The van der Waals surface area contributed by atoms with E-state index in [1.165, 1.54) is 30.3 Å². The van der Waals surface area contributed by atoms with Crippen molar-refractivity contribution < 1.29 is 24.1 Å². The van der Waals surface area contributed by atoms with Gasteiger partial charge in [-0.1, -0.05) is 40.7 Å². The Morgan fingerprint density at radius 2 is 1.71 bits per heavy atom. The van der Waals surface area contributed by atoms with Crippen molar-refractivity contribution in [2.75, 3.05) is 0 Å². The van der Waals surface area contributed by atoms with Gasteiger partial charge in [0.1, 0.15) is 0 Å². The number of hydrogen-bond donors (Lipinski definition) is 3. The predicted octanol–water partition coefficient (Wildman–Crippen LogP) is -1.01. The van der Waals surface area contributed by atoms with Crippen molar-refractivity contribution in [1.29, 1.82) is 0 Å². The molecular formula is C12H10N6O6. The molecule has 1 aromatic carbocycles. The van der Waals surface area contributed by atoms with Crippen LogP contribution in [0.2, 0.25) is 0 Å². The Kier molecular flexibility index (Phi) is 4.30. The summed E-state index contributed by atoms with van der Waals surface area (Å²) < 4.78 is 0. The third kappa shape index (κ3) is 2.45. The second kappa shape index (κ2) is 6.20. The molecule has 12 heteroatoms. The number of barbiturate groups is 1. The number of hydrogen-bond acceptors (Lipinski definition) is 7. The van der Waals surface area contributed by atoms with Crippen molar-refractivity contribution in [3.63, 3.8) is 0 Å². The van der Waals surface area contributed by atoms with Crippen LogP contribution in [0.1, 0.15) is 5.56 Å². The zero-order chi connectivity index (χ0) is 17.9. The monoisotopic (exact) mass is 334 g/mol. The standard InChI is InChI=1S/C12H10N6O6/c13-17-16-10(21)12(18(23)24,6-4-2-1-3-5-6)7-8(19)14-11(22)15-9(7)20/h1-5,7H,(H2,13,16,21)(H2,14,15,19,20,22). The molecule has 0 radical (unpaired) electrons. The van der Waals surface area contributed by atoms with E-state index < -0.39 is 40.1 Å². The van der Waals surface area contributed by atoms with Gasteiger partial charge in [0, 0.05) is 10.5 Å². The van der Waals surface area contributed by atoms with Gasteiger partial charge in [0.05, 0.1) is 0 Å². The van der Waals surface area contributed by atoms with Crippen molar-refractivity contribution >= 4 is 23.8 Å². The molecule has 1 atom stereocenters. The lowest BCUT2D eigenvalue weighted by Gasteiger charge is -2.30. The average Bonchev–Trinajstić information content (AvgIpc) is 2.51. The molecule has 124 valence electrons. The fourth-order valence-corrected chi connectivity index (χ4v) is 2.42. The molecule has 0 bridgehead atoms. The second-order valence-corrected chi connectivity index (χ2v) is 4.65. The fourth-order valence-electron chi connectivity index (χ4n) is 2.42. The van der Waals surface area contributed by atoms with Crippen molar-refractivity contribution in [1.82, 2.24) is 10.6 Å². The van der Waals surface area contributed by atoms with Crippen LogP contribution in [0.15, 0.2) is 40.7 Å². The molecule has 5 amide bonds. The number of carbonyl (C=O) groups is 4. The van der Waals surface area contributed by atoms with Crippen LogP contribution >= 0.6 is 0 Å². The first-order valence-electron chi connectivity index (χ1n) is 6.36. The van der Waals surface area contributed by atoms with Crippen LogP contribution in [-0.4, -0.2) is 28.7 Å². The summed E-state index contributed by atoms with van der Waals surface area (Å²) in [7, 11) is 0. The van der Waals surface area contributed by atoms with Crippen molar-refractivity contribution in [3.8, 4) is 0 Å². The molecule has 2 rings (SSSR count). The number of rotatable bonds is 4. The maximum atomic E-state index is 12.4. The van der Waals surface area contributed by atoms with Gasteiger partial charge in [-0.15, -0.1) is 0 Å². The number of carbonyl (C=O) groups excluding carboxylic acids is 4. The lowest BCUT2D eigenvalue weighted by Crippen LogP contribution is -2.65. The molecule has 4 N–H and O–H groups in total. The highest BCUT2D eigenvalue weighted by Gasteiger charge is 2.66. The Hall–Kier alpha value is -3.70. The van der Waals surface area contributed by atoms with E-state index in [1.54, 1.807) is 10.6 Å². The Bertz CT molecular complexity index is 743. The van der Waals surface area contributed by atoms with Crippen LogP contribution in [0.25, 0.3) is 0 Å². The SMILES string of the molecule is NN=NC(=O)C(c1ccccc1)(C1C(=O)NC(=O)NC1=O)[N+](=O)[O-]. The first-order valence-corrected chi connectivity index (χ1v) is 6.36. The number of benzene rings is 1. The molecule has 1 aliphatic rings. The summed E-state index contributed by atoms with van der Waals surface area (Å²) in [5.74, 6) is -1.57. The van der Waals surface area contributed by atoms with E-state index in [0.29, 0.717) is 0 Å². The summed E-state index contributed by atoms with van der Waals surface area (Å²) in [6.45, 7) is 0. The molecule has 0 spiro atoms. The number of nitrogens with two attached hydrogens (primary N) is 1. The van der Waals surface area contributed by atoms with Crippen LogP contribution in [0.3, 0.4) is 0 Å². The largest absolute Gasteiger partial charge is 0.349 e. The van der Waals surface area contributed by atoms with Gasteiger partial charge >= 0.3 is 17.5 Å². The Morgan fingerprint density at radius 3 is 2.17 bits per heavy atom. The highest BCUT2D eigenvalue weighted by Crippen LogP contribution is 2.36. The minimum atomic E-state index is -2.93. The van der Waals surface area contributed by atoms with Gasteiger partial charge in [-0.05, 0) is 0 Å². The third-order valence-electron chi connectivity index (χ3n) is 3.39. The number of amides is 5. The summed E-state index contributed by atoms with van der Waals surface area (Å²) >= 11 is 0. The van der Waals surface area contributed by atoms with E-state index in [1.807, 2.05) is 0 Å². The molecule has 0 aliphatic carbocycles. The van der Waals surface area contributed by atoms with E-state index in [9.17, 15) is 29.3 Å². The zero-order valence-corrected chi connectivity index (χ0v) is 11.8. The molecule has 1 unspecified atom stereocenters. The van der Waals surface area contributed by atoms with Crippen LogP contribution in [0.4, 0.5) is 4.79 Å². The van der Waals surface area contributed by atoms with Crippen LogP contribution in [0.5, 0.6) is 0 Å². The van der Waals surface area contributed by atoms with Gasteiger partial charge in [0.25, 0.3) is 0 Å². The van der Waals surface area contributed by atoms with Crippen molar-refractivity contribution in [2.24, 2.45) is 22.1 Å². The summed E-state index contributed by atoms with van der Waals surface area (Å²) in [5, 5.41) is 20.9. The Morgan fingerprint density at radius 1 is 1.17 bits per heavy atom. The molecule has 0 saturated carbocycles. The summed E-state index contributed by atoms with van der Waals surface area (Å²) in [6.07, 6.45) is 0. The van der Waals surface area contributed by atoms with Crippen LogP contribution in [0, 0.1) is 16.0 Å². The summed E-state index contributed by atoms with van der Waals surface area (Å²) in [4.78, 5) is 58.4. The van der Waals surface area contributed by atoms with E-state index in [4.69, 9.17) is 5.84 Å². The number of nitrogens with zero attached hydrogens (tertiary/aromatic N) is 3. The average molecular weight is 334 g/mol. The molecule has 1 aliphatic heterocycles. The first kappa shape index (κ1) is 16.7. The molecule has 12 nitrogen and oxygen atoms in total. The van der Waals surface area contributed by atoms with Gasteiger partial charge < -0.3 is 5.84 Å². The molecular weight excluding hydrogens is 324 g/mol. The van der Waals surface area contributed by atoms with Crippen molar-refractivity contribution in [2.45, 2.75) is 5.54 Å². The van der Waals surface area contributed by atoms with E-state index >= 15 is 0 Å². The lowest BCUT2D eigenvalue weighted by atomic mass is 9.76. The van der Waals surface area contributed by atoms with E-state index in [2.05, 4.69) is 10.3 Å². The first-order chi connectivity index (χ1) is 11.4. The predicted molar refractivity (Wildman–Crippen MR) is 74.3 cm³/mol. The van der Waals surface area contributed by atoms with E-state index in [-0.39, 0.29) is 5.56 Å². The van der Waals surface area contributed by atoms with Gasteiger partial charge in [-0.25, -0.2) is 4.79 Å². The quantitative estimate of drug-likeness (QED) is 0.207. The minimum absolute atomic E-state index is 0.294. The number of nitrogens with one attached hydrogen (secondary N) is 2. The van der Waals surface area contributed by atoms with Crippen LogP contribution < -0.4 is 16.5 Å². The fraction of sp³-hybridized carbons (Fsp3) is 0.167. The van der Waals surface area contributed by atoms with Gasteiger partial charge in [0.2, 0.25) is 17.7 Å². The Labute approximate surface area is 133 Å². The maximum absolute atomic E-state index is 12.4. The van der Waals surface area contributed by atoms with E-state index in [0.717, 1.165) is 0 Å². The molecule has 1 heterocycles. The molecule has 1 saturated heterocycles. The summed E-state index contributed by atoms with van der Waals surface area (Å²) in [6, 6.07) is 5.43. The molecule has 1 aromatic rings. The lowest BCUT2D eigenvalue weighted by molar-refractivity contribution is -0.565. The maximum Gasteiger partial charge on any atom is 0.349 e. The smallest absolute Gasteiger partial charge is 0.304 e.